The van der Waals surface area contributed by atoms with E-state index in [0.717, 1.165) is 15.6 Å². The summed E-state index contributed by atoms with van der Waals surface area (Å²) >= 11 is 7.42. The van der Waals surface area contributed by atoms with Crippen LogP contribution in [-0.4, -0.2) is 10.6 Å². The van der Waals surface area contributed by atoms with Gasteiger partial charge in [0.05, 0.1) is 6.21 Å². The molecule has 1 rings (SSSR count). The predicted octanol–water partition coefficient (Wildman–Crippen LogP) is 2.87. The third kappa shape index (κ3) is 2.53. The summed E-state index contributed by atoms with van der Waals surface area (Å²) in [6.07, 6.45) is 5.38. The van der Waals surface area contributed by atoms with Crippen LogP contribution >= 0.6 is 28.7 Å². The number of halogens is 1. The van der Waals surface area contributed by atoms with Crippen LogP contribution in [0.1, 0.15) is 6.92 Å². The number of nitrogens with zero attached hydrogens (tertiary/aromatic N) is 2. The molecular formula is C8H9BrN2S. The summed E-state index contributed by atoms with van der Waals surface area (Å²) in [6.45, 7) is 5.85. The highest BCUT2D eigenvalue weighted by Crippen LogP contribution is 2.17. The van der Waals surface area contributed by atoms with Gasteiger partial charge in [0.15, 0.2) is 0 Å². The van der Waals surface area contributed by atoms with Crippen molar-refractivity contribution < 1.29 is 0 Å². The van der Waals surface area contributed by atoms with E-state index in [-0.39, 0.29) is 0 Å². The summed E-state index contributed by atoms with van der Waals surface area (Å²) < 4.78 is 2.34. The minimum atomic E-state index is 0.888. The van der Waals surface area contributed by atoms with E-state index >= 15 is 0 Å². The van der Waals surface area contributed by atoms with Gasteiger partial charge < -0.3 is 0 Å². The summed E-state index contributed by atoms with van der Waals surface area (Å²) in [4.78, 5) is 0. The van der Waals surface area contributed by atoms with Crippen molar-refractivity contribution in [2.24, 2.45) is 5.10 Å². The van der Waals surface area contributed by atoms with Gasteiger partial charge in [0.25, 0.3) is 0 Å². The van der Waals surface area contributed by atoms with Crippen molar-refractivity contribution in [2.45, 2.75) is 6.92 Å². The zero-order valence-corrected chi connectivity index (χ0v) is 9.14. The average molecular weight is 245 g/mol. The SMILES string of the molecule is C=C1/C=C(Br)\C=N/N(S)/C=C\1C. The Morgan fingerprint density at radius 3 is 3.00 bits per heavy atom. The lowest BCUT2D eigenvalue weighted by atomic mass is 10.1. The Labute approximate surface area is 86.0 Å². The first-order chi connectivity index (χ1) is 5.59. The maximum atomic E-state index is 4.09. The fourth-order valence-corrected chi connectivity index (χ4v) is 1.31. The maximum Gasteiger partial charge on any atom is 0.0627 e. The number of hydrogen-bond donors (Lipinski definition) is 1. The second-order valence-electron chi connectivity index (χ2n) is 2.43. The van der Waals surface area contributed by atoms with Crippen molar-refractivity contribution in [3.8, 4) is 0 Å². The molecule has 0 saturated carbocycles. The molecule has 0 amide bonds. The fourth-order valence-electron chi connectivity index (χ4n) is 0.721. The van der Waals surface area contributed by atoms with E-state index in [4.69, 9.17) is 0 Å². The summed E-state index contributed by atoms with van der Waals surface area (Å²) in [5.74, 6) is 0. The van der Waals surface area contributed by atoms with Crippen LogP contribution in [0.25, 0.3) is 0 Å². The molecular weight excluding hydrogens is 236 g/mol. The van der Waals surface area contributed by atoms with E-state index in [0.29, 0.717) is 0 Å². The zero-order chi connectivity index (χ0) is 9.14. The highest BCUT2D eigenvalue weighted by atomic mass is 79.9. The second-order valence-corrected chi connectivity index (χ2v) is 3.76. The lowest BCUT2D eigenvalue weighted by Crippen LogP contribution is -1.99. The molecule has 4 heteroatoms. The molecule has 0 saturated heterocycles. The molecule has 0 aromatic heterocycles. The normalized spacial score (nSPS) is 29.6. The Balaban J connectivity index is 3.04. The van der Waals surface area contributed by atoms with Gasteiger partial charge >= 0.3 is 0 Å². The molecule has 0 bridgehead atoms. The van der Waals surface area contributed by atoms with Crippen molar-refractivity contribution in [1.29, 1.82) is 0 Å². The molecule has 0 aromatic rings. The molecule has 2 nitrogen and oxygen atoms in total. The highest BCUT2D eigenvalue weighted by Gasteiger charge is 2.00. The highest BCUT2D eigenvalue weighted by molar-refractivity contribution is 9.12. The van der Waals surface area contributed by atoms with Crippen molar-refractivity contribution in [1.82, 2.24) is 4.41 Å². The largest absolute Gasteiger partial charge is 0.217 e. The van der Waals surface area contributed by atoms with Gasteiger partial charge in [0, 0.05) is 10.7 Å². The minimum Gasteiger partial charge on any atom is -0.217 e. The monoisotopic (exact) mass is 244 g/mol. The lowest BCUT2D eigenvalue weighted by Gasteiger charge is -2.10. The minimum absolute atomic E-state index is 0.888. The van der Waals surface area contributed by atoms with Crippen LogP contribution < -0.4 is 0 Å². The van der Waals surface area contributed by atoms with Gasteiger partial charge in [0.2, 0.25) is 0 Å². The van der Waals surface area contributed by atoms with Gasteiger partial charge in [-0.3, -0.25) is 0 Å². The second kappa shape index (κ2) is 3.96. The average Bonchev–Trinajstić information content (AvgIpc) is 1.99. The van der Waals surface area contributed by atoms with E-state index in [9.17, 15) is 0 Å². The van der Waals surface area contributed by atoms with Crippen molar-refractivity contribution in [3.05, 3.63) is 34.5 Å². The number of rotatable bonds is 0. The van der Waals surface area contributed by atoms with Crippen LogP contribution in [0.5, 0.6) is 0 Å². The number of thiol groups is 1. The topological polar surface area (TPSA) is 15.6 Å². The molecule has 0 atom stereocenters. The molecule has 0 fully saturated rings. The van der Waals surface area contributed by atoms with E-state index in [1.54, 1.807) is 12.4 Å². The Hall–Kier alpha value is -0.480. The van der Waals surface area contributed by atoms with Crippen LogP contribution in [0.2, 0.25) is 0 Å². The summed E-state index contributed by atoms with van der Waals surface area (Å²) in [6, 6.07) is 0. The quantitative estimate of drug-likeness (QED) is 0.649. The first kappa shape index (κ1) is 9.61. The molecule has 0 unspecified atom stereocenters. The van der Waals surface area contributed by atoms with Gasteiger partial charge in [-0.25, -0.2) is 4.41 Å². The third-order valence-electron chi connectivity index (χ3n) is 1.43. The van der Waals surface area contributed by atoms with Gasteiger partial charge in [-0.15, -0.1) is 0 Å². The Bertz CT molecular complexity index is 291. The standard InChI is InChI=1S/C8H9BrN2S/c1-6-3-8(9)4-10-11(12)5-7(6)2/h3-5,12H,1H2,2H3/b7-5-,8-3+,10-4-. The van der Waals surface area contributed by atoms with Crippen LogP contribution in [0.4, 0.5) is 0 Å². The summed E-state index contributed by atoms with van der Waals surface area (Å²) in [7, 11) is 0. The van der Waals surface area contributed by atoms with Crippen molar-refractivity contribution >= 4 is 35.0 Å². The molecule has 1 aliphatic rings. The lowest BCUT2D eigenvalue weighted by molar-refractivity contribution is 0.684. The summed E-state index contributed by atoms with van der Waals surface area (Å²) in [5.41, 5.74) is 1.99. The number of allylic oxidation sites excluding steroid dienone is 4. The van der Waals surface area contributed by atoms with Crippen molar-refractivity contribution in [2.75, 3.05) is 0 Å². The third-order valence-corrected chi connectivity index (χ3v) is 2.08. The first-order valence-corrected chi connectivity index (χ1v) is 4.56. The van der Waals surface area contributed by atoms with Crippen LogP contribution in [0.3, 0.4) is 0 Å². The Morgan fingerprint density at radius 2 is 2.33 bits per heavy atom. The molecule has 1 heterocycles. The Morgan fingerprint density at radius 1 is 1.67 bits per heavy atom. The van der Waals surface area contributed by atoms with Crippen molar-refractivity contribution in [3.63, 3.8) is 0 Å². The smallest absolute Gasteiger partial charge is 0.0627 e. The van der Waals surface area contributed by atoms with Crippen LogP contribution in [0.15, 0.2) is 39.6 Å². The fraction of sp³-hybridized carbons (Fsp3) is 0.125. The van der Waals surface area contributed by atoms with Gasteiger partial charge in [-0.1, -0.05) is 6.58 Å². The van der Waals surface area contributed by atoms with Gasteiger partial charge in [0.1, 0.15) is 0 Å². The molecule has 1 aliphatic heterocycles. The van der Waals surface area contributed by atoms with E-state index in [2.05, 4.69) is 40.4 Å². The van der Waals surface area contributed by atoms with E-state index < -0.39 is 0 Å². The molecule has 12 heavy (non-hydrogen) atoms. The molecule has 0 aromatic carbocycles. The van der Waals surface area contributed by atoms with Crippen LogP contribution in [0, 0.1) is 0 Å². The molecule has 0 spiro atoms. The molecule has 0 radical (unpaired) electrons. The predicted molar refractivity (Wildman–Crippen MR) is 59.2 cm³/mol. The first-order valence-electron chi connectivity index (χ1n) is 3.36. The van der Waals surface area contributed by atoms with E-state index in [1.165, 1.54) is 4.41 Å². The molecule has 64 valence electrons. The van der Waals surface area contributed by atoms with E-state index in [1.807, 2.05) is 13.0 Å². The number of hydrogen-bond acceptors (Lipinski definition) is 3. The zero-order valence-electron chi connectivity index (χ0n) is 6.66. The maximum absolute atomic E-state index is 4.09. The number of hydrazone groups is 1. The van der Waals surface area contributed by atoms with Crippen LogP contribution in [-0.2, 0) is 0 Å². The van der Waals surface area contributed by atoms with Gasteiger partial charge in [-0.2, -0.15) is 5.10 Å². The molecule has 0 N–H and O–H groups in total. The molecule has 0 aliphatic carbocycles. The van der Waals surface area contributed by atoms with Gasteiger partial charge in [-0.05, 0) is 52.9 Å². The summed E-state index contributed by atoms with van der Waals surface area (Å²) in [5, 5.41) is 3.99. The Kier molecular flexibility index (Phi) is 3.17.